The van der Waals surface area contributed by atoms with E-state index >= 15 is 0 Å². The summed E-state index contributed by atoms with van der Waals surface area (Å²) in [6.07, 6.45) is 6.53. The van der Waals surface area contributed by atoms with Crippen LogP contribution in [0.2, 0.25) is 0 Å². The minimum Gasteiger partial charge on any atom is -0.423 e. The fraction of sp³-hybridized carbons (Fsp3) is 0.600. The summed E-state index contributed by atoms with van der Waals surface area (Å²) in [5.74, 6) is 0.668. The maximum Gasteiger partial charge on any atom is 0.499 e. The fourth-order valence-corrected chi connectivity index (χ4v) is 3.17. The predicted octanol–water partition coefficient (Wildman–Crippen LogP) is 1.48. The molecule has 0 spiro atoms. The molecule has 14 heavy (non-hydrogen) atoms. The first kappa shape index (κ1) is 10.2. The molecule has 1 aromatic rings. The van der Waals surface area contributed by atoms with Crippen LogP contribution in [0.15, 0.2) is 12.1 Å². The summed E-state index contributed by atoms with van der Waals surface area (Å²) in [6, 6.07) is 3.88. The van der Waals surface area contributed by atoms with Crippen LogP contribution in [0.5, 0.6) is 0 Å². The summed E-state index contributed by atoms with van der Waals surface area (Å²) in [5.41, 5.74) is 0. The van der Waals surface area contributed by atoms with Gasteiger partial charge in [0.05, 0.1) is 0 Å². The van der Waals surface area contributed by atoms with Crippen LogP contribution >= 0.6 is 11.3 Å². The molecule has 76 valence electrons. The molecule has 0 aromatic carbocycles. The van der Waals surface area contributed by atoms with Crippen LogP contribution in [0.3, 0.4) is 0 Å². The zero-order valence-electron chi connectivity index (χ0n) is 8.15. The van der Waals surface area contributed by atoms with E-state index in [-0.39, 0.29) is 0 Å². The van der Waals surface area contributed by atoms with Crippen LogP contribution in [-0.4, -0.2) is 17.2 Å². The van der Waals surface area contributed by atoms with Gasteiger partial charge in [0, 0.05) is 9.65 Å². The van der Waals surface area contributed by atoms with Crippen molar-refractivity contribution in [3.8, 4) is 0 Å². The second-order valence-electron chi connectivity index (χ2n) is 3.95. The Kier molecular flexibility index (Phi) is 3.26. The van der Waals surface area contributed by atoms with Gasteiger partial charge in [-0.1, -0.05) is 25.3 Å². The summed E-state index contributed by atoms with van der Waals surface area (Å²) >= 11 is 1.55. The fourth-order valence-electron chi connectivity index (χ4n) is 2.11. The first-order valence-electron chi connectivity index (χ1n) is 5.23. The molecule has 2 rings (SSSR count). The Balaban J connectivity index is 2.07. The molecule has 2 nitrogen and oxygen atoms in total. The van der Waals surface area contributed by atoms with Crippen LogP contribution in [0.4, 0.5) is 0 Å². The molecule has 1 aliphatic rings. The number of rotatable bonds is 2. The molecule has 0 saturated heterocycles. The highest BCUT2D eigenvalue weighted by Gasteiger charge is 2.20. The molecule has 1 fully saturated rings. The van der Waals surface area contributed by atoms with E-state index in [0.717, 1.165) is 0 Å². The molecule has 0 amide bonds. The van der Waals surface area contributed by atoms with Gasteiger partial charge in [0.15, 0.2) is 0 Å². The van der Waals surface area contributed by atoms with Gasteiger partial charge < -0.3 is 10.0 Å². The average molecular weight is 210 g/mol. The van der Waals surface area contributed by atoms with Crippen LogP contribution in [-0.2, 0) is 0 Å². The minimum atomic E-state index is -1.29. The van der Waals surface area contributed by atoms with Crippen molar-refractivity contribution in [2.75, 3.05) is 0 Å². The van der Waals surface area contributed by atoms with E-state index in [4.69, 9.17) is 10.0 Å². The molecule has 0 atom stereocenters. The largest absolute Gasteiger partial charge is 0.499 e. The Labute approximate surface area is 88.7 Å². The van der Waals surface area contributed by atoms with Gasteiger partial charge in [0.1, 0.15) is 0 Å². The van der Waals surface area contributed by atoms with Crippen LogP contribution in [0, 0.1) is 0 Å². The van der Waals surface area contributed by atoms with Gasteiger partial charge in [0.2, 0.25) is 0 Å². The Morgan fingerprint density at radius 2 is 1.86 bits per heavy atom. The Bertz CT molecular complexity index is 292. The molecule has 2 N–H and O–H groups in total. The molecule has 0 aliphatic heterocycles. The van der Waals surface area contributed by atoms with Crippen molar-refractivity contribution in [1.29, 1.82) is 0 Å². The lowest BCUT2D eigenvalue weighted by molar-refractivity contribution is 0.427. The molecule has 0 radical (unpaired) electrons. The highest BCUT2D eigenvalue weighted by atomic mass is 32.1. The molecule has 1 heterocycles. The molecule has 0 bridgehead atoms. The van der Waals surface area contributed by atoms with Crippen molar-refractivity contribution in [3.05, 3.63) is 17.0 Å². The predicted molar refractivity (Wildman–Crippen MR) is 60.0 cm³/mol. The zero-order valence-corrected chi connectivity index (χ0v) is 8.96. The zero-order chi connectivity index (χ0) is 9.97. The average Bonchev–Trinajstić information content (AvgIpc) is 2.68. The smallest absolute Gasteiger partial charge is 0.423 e. The summed E-state index contributed by atoms with van der Waals surface area (Å²) < 4.78 is 0.672. The number of hydrogen-bond acceptors (Lipinski definition) is 3. The van der Waals surface area contributed by atoms with E-state index in [1.54, 1.807) is 11.3 Å². The van der Waals surface area contributed by atoms with Gasteiger partial charge in [-0.3, -0.25) is 0 Å². The van der Waals surface area contributed by atoms with Gasteiger partial charge in [-0.15, -0.1) is 11.3 Å². The summed E-state index contributed by atoms with van der Waals surface area (Å²) in [4.78, 5) is 1.33. The van der Waals surface area contributed by atoms with E-state index in [1.807, 2.05) is 6.07 Å². The SMILES string of the molecule is OB(O)c1ccc(C2CCCCC2)s1. The van der Waals surface area contributed by atoms with E-state index in [9.17, 15) is 0 Å². The van der Waals surface area contributed by atoms with Crippen molar-refractivity contribution in [3.63, 3.8) is 0 Å². The topological polar surface area (TPSA) is 40.5 Å². The molecule has 4 heteroatoms. The molecular weight excluding hydrogens is 195 g/mol. The lowest BCUT2D eigenvalue weighted by Gasteiger charge is -2.19. The summed E-state index contributed by atoms with van der Waals surface area (Å²) in [6.45, 7) is 0. The molecule has 0 unspecified atom stereocenters. The van der Waals surface area contributed by atoms with Crippen LogP contribution < -0.4 is 4.78 Å². The van der Waals surface area contributed by atoms with E-state index in [0.29, 0.717) is 10.7 Å². The number of hydrogen-bond donors (Lipinski definition) is 2. The van der Waals surface area contributed by atoms with Crippen molar-refractivity contribution in [2.24, 2.45) is 0 Å². The highest BCUT2D eigenvalue weighted by Crippen LogP contribution is 2.34. The second kappa shape index (κ2) is 4.47. The Morgan fingerprint density at radius 3 is 2.43 bits per heavy atom. The van der Waals surface area contributed by atoms with Gasteiger partial charge in [0.25, 0.3) is 0 Å². The summed E-state index contributed by atoms with van der Waals surface area (Å²) in [5, 5.41) is 18.0. The van der Waals surface area contributed by atoms with Gasteiger partial charge >= 0.3 is 7.12 Å². The monoisotopic (exact) mass is 210 g/mol. The maximum absolute atomic E-state index is 9.00. The first-order chi connectivity index (χ1) is 6.77. The second-order valence-corrected chi connectivity index (χ2v) is 5.10. The van der Waals surface area contributed by atoms with E-state index in [2.05, 4.69) is 6.07 Å². The van der Waals surface area contributed by atoms with E-state index < -0.39 is 7.12 Å². The van der Waals surface area contributed by atoms with Crippen molar-refractivity contribution in [1.82, 2.24) is 0 Å². The van der Waals surface area contributed by atoms with Crippen molar-refractivity contribution >= 4 is 23.2 Å². The molecular formula is C10H15BO2S. The quantitative estimate of drug-likeness (QED) is 0.725. The highest BCUT2D eigenvalue weighted by molar-refractivity contribution is 7.22. The first-order valence-corrected chi connectivity index (χ1v) is 6.05. The van der Waals surface area contributed by atoms with Gasteiger partial charge in [-0.25, -0.2) is 0 Å². The molecule has 1 aliphatic carbocycles. The van der Waals surface area contributed by atoms with Gasteiger partial charge in [-0.05, 0) is 24.8 Å². The van der Waals surface area contributed by atoms with Gasteiger partial charge in [-0.2, -0.15) is 0 Å². The van der Waals surface area contributed by atoms with Crippen LogP contribution in [0.25, 0.3) is 0 Å². The Hall–Kier alpha value is -0.315. The minimum absolute atomic E-state index is 0.668. The van der Waals surface area contributed by atoms with E-state index in [1.165, 1.54) is 37.0 Å². The summed E-state index contributed by atoms with van der Waals surface area (Å²) in [7, 11) is -1.29. The number of thiophene rings is 1. The third kappa shape index (κ3) is 2.19. The third-order valence-electron chi connectivity index (χ3n) is 2.91. The maximum atomic E-state index is 9.00. The van der Waals surface area contributed by atoms with Crippen molar-refractivity contribution < 1.29 is 10.0 Å². The molecule has 1 aromatic heterocycles. The lowest BCUT2D eigenvalue weighted by atomic mass is 9.87. The lowest BCUT2D eigenvalue weighted by Crippen LogP contribution is -2.26. The van der Waals surface area contributed by atoms with Crippen molar-refractivity contribution in [2.45, 2.75) is 38.0 Å². The molecule has 1 saturated carbocycles. The Morgan fingerprint density at radius 1 is 1.14 bits per heavy atom. The normalized spacial score (nSPS) is 18.4. The third-order valence-corrected chi connectivity index (χ3v) is 4.20. The van der Waals surface area contributed by atoms with Crippen LogP contribution in [0.1, 0.15) is 42.9 Å². The standard InChI is InChI=1S/C10H15BO2S/c12-11(13)10-7-6-9(14-10)8-4-2-1-3-5-8/h6-8,12-13H,1-5H2.